The van der Waals surface area contributed by atoms with E-state index in [-0.39, 0.29) is 0 Å². The van der Waals surface area contributed by atoms with Crippen molar-refractivity contribution in [2.45, 2.75) is 0 Å². The fourth-order valence-electron chi connectivity index (χ4n) is 1.23. The third kappa shape index (κ3) is 2.34. The van der Waals surface area contributed by atoms with Crippen LogP contribution in [0.15, 0.2) is 30.6 Å². The SMILES string of the molecule is CS(=O)(=O)Nc1ccccc1-n1cnnn1. The van der Waals surface area contributed by atoms with Crippen LogP contribution in [0.1, 0.15) is 0 Å². The van der Waals surface area contributed by atoms with Gasteiger partial charge in [-0.3, -0.25) is 4.72 Å². The van der Waals surface area contributed by atoms with E-state index in [0.29, 0.717) is 11.4 Å². The summed E-state index contributed by atoms with van der Waals surface area (Å²) in [6.07, 6.45) is 2.48. The number of anilines is 1. The fourth-order valence-corrected chi connectivity index (χ4v) is 1.80. The molecule has 2 rings (SSSR count). The van der Waals surface area contributed by atoms with Crippen LogP contribution in [0.2, 0.25) is 0 Å². The minimum atomic E-state index is -3.32. The summed E-state index contributed by atoms with van der Waals surface area (Å²) in [5, 5.41) is 10.7. The van der Waals surface area contributed by atoms with E-state index >= 15 is 0 Å². The van der Waals surface area contributed by atoms with Crippen molar-refractivity contribution in [3.63, 3.8) is 0 Å². The molecule has 0 amide bonds. The molecule has 0 aliphatic carbocycles. The largest absolute Gasteiger partial charge is 0.282 e. The molecule has 1 aromatic carbocycles. The van der Waals surface area contributed by atoms with Gasteiger partial charge in [-0.2, -0.15) is 4.68 Å². The lowest BCUT2D eigenvalue weighted by molar-refractivity contribution is 0.606. The number of rotatable bonds is 3. The lowest BCUT2D eigenvalue weighted by atomic mass is 10.3. The highest BCUT2D eigenvalue weighted by Crippen LogP contribution is 2.18. The van der Waals surface area contributed by atoms with Crippen molar-refractivity contribution in [1.82, 2.24) is 20.2 Å². The number of benzene rings is 1. The molecule has 8 heteroatoms. The van der Waals surface area contributed by atoms with Crippen molar-refractivity contribution in [3.05, 3.63) is 30.6 Å². The van der Waals surface area contributed by atoms with E-state index in [1.165, 1.54) is 11.0 Å². The van der Waals surface area contributed by atoms with Crippen molar-refractivity contribution in [2.24, 2.45) is 0 Å². The average molecular weight is 239 g/mol. The topological polar surface area (TPSA) is 89.8 Å². The summed E-state index contributed by atoms with van der Waals surface area (Å²) in [7, 11) is -3.32. The Morgan fingerprint density at radius 3 is 2.69 bits per heavy atom. The van der Waals surface area contributed by atoms with Crippen molar-refractivity contribution in [2.75, 3.05) is 11.0 Å². The molecule has 0 saturated heterocycles. The van der Waals surface area contributed by atoms with E-state index in [9.17, 15) is 8.42 Å². The zero-order chi connectivity index (χ0) is 11.6. The van der Waals surface area contributed by atoms with Crippen LogP contribution in [0.5, 0.6) is 0 Å². The summed E-state index contributed by atoms with van der Waals surface area (Å²) in [6.45, 7) is 0. The lowest BCUT2D eigenvalue weighted by Crippen LogP contribution is -2.12. The quantitative estimate of drug-likeness (QED) is 0.816. The van der Waals surface area contributed by atoms with E-state index in [4.69, 9.17) is 0 Å². The lowest BCUT2D eigenvalue weighted by Gasteiger charge is -2.08. The van der Waals surface area contributed by atoms with Crippen molar-refractivity contribution >= 4 is 15.7 Å². The van der Waals surface area contributed by atoms with Gasteiger partial charge in [0, 0.05) is 0 Å². The second-order valence-electron chi connectivity index (χ2n) is 3.15. The van der Waals surface area contributed by atoms with Crippen LogP contribution in [0.4, 0.5) is 5.69 Å². The molecular weight excluding hydrogens is 230 g/mol. The number of hydrogen-bond donors (Lipinski definition) is 1. The Morgan fingerprint density at radius 1 is 1.31 bits per heavy atom. The molecule has 0 saturated carbocycles. The minimum Gasteiger partial charge on any atom is -0.282 e. The van der Waals surface area contributed by atoms with Gasteiger partial charge in [0.25, 0.3) is 0 Å². The third-order valence-corrected chi connectivity index (χ3v) is 2.39. The molecule has 16 heavy (non-hydrogen) atoms. The highest BCUT2D eigenvalue weighted by Gasteiger charge is 2.08. The van der Waals surface area contributed by atoms with E-state index in [1.54, 1.807) is 24.3 Å². The van der Waals surface area contributed by atoms with E-state index in [2.05, 4.69) is 20.2 Å². The molecule has 0 aliphatic heterocycles. The van der Waals surface area contributed by atoms with Gasteiger partial charge in [0.05, 0.1) is 17.6 Å². The Kier molecular flexibility index (Phi) is 2.57. The van der Waals surface area contributed by atoms with Gasteiger partial charge in [-0.25, -0.2) is 8.42 Å². The second kappa shape index (κ2) is 3.89. The third-order valence-electron chi connectivity index (χ3n) is 1.80. The molecule has 0 unspecified atom stereocenters. The Morgan fingerprint density at radius 2 is 2.06 bits per heavy atom. The first-order valence-electron chi connectivity index (χ1n) is 4.36. The fraction of sp³-hybridized carbons (Fsp3) is 0.125. The number of nitrogens with one attached hydrogen (secondary N) is 1. The number of sulfonamides is 1. The highest BCUT2D eigenvalue weighted by atomic mass is 32.2. The zero-order valence-electron chi connectivity index (χ0n) is 8.40. The average Bonchev–Trinajstić information content (AvgIpc) is 2.69. The van der Waals surface area contributed by atoms with Gasteiger partial charge in [0.15, 0.2) is 0 Å². The maximum Gasteiger partial charge on any atom is 0.229 e. The standard InChI is InChI=1S/C8H9N5O2S/c1-16(14,15)10-7-4-2-3-5-8(7)13-6-9-11-12-13/h2-6,10H,1H3. The number of nitrogens with zero attached hydrogens (tertiary/aromatic N) is 4. The zero-order valence-corrected chi connectivity index (χ0v) is 9.22. The molecule has 0 fully saturated rings. The van der Waals surface area contributed by atoms with E-state index in [0.717, 1.165) is 6.26 Å². The molecule has 1 N–H and O–H groups in total. The summed E-state index contributed by atoms with van der Waals surface area (Å²) in [6, 6.07) is 6.84. The first-order chi connectivity index (χ1) is 7.56. The molecule has 7 nitrogen and oxygen atoms in total. The van der Waals surface area contributed by atoms with Gasteiger partial charge in [-0.05, 0) is 22.6 Å². The normalized spacial score (nSPS) is 11.3. The van der Waals surface area contributed by atoms with Crippen LogP contribution in [0.25, 0.3) is 5.69 Å². The minimum absolute atomic E-state index is 0.428. The van der Waals surface area contributed by atoms with Crippen LogP contribution in [-0.2, 0) is 10.0 Å². The highest BCUT2D eigenvalue weighted by molar-refractivity contribution is 7.92. The van der Waals surface area contributed by atoms with Crippen LogP contribution < -0.4 is 4.72 Å². The van der Waals surface area contributed by atoms with E-state index in [1.807, 2.05) is 0 Å². The van der Waals surface area contributed by atoms with Crippen molar-refractivity contribution < 1.29 is 8.42 Å². The summed E-state index contributed by atoms with van der Waals surface area (Å²) in [5.74, 6) is 0. The predicted octanol–water partition coefficient (Wildman–Crippen LogP) is 0.0338. The Labute approximate surface area is 92.1 Å². The number of para-hydroxylation sites is 2. The van der Waals surface area contributed by atoms with E-state index < -0.39 is 10.0 Å². The molecule has 0 atom stereocenters. The molecule has 2 aromatic rings. The van der Waals surface area contributed by atoms with Gasteiger partial charge in [0.1, 0.15) is 6.33 Å². The number of tetrazole rings is 1. The summed E-state index contributed by atoms with van der Waals surface area (Å²) in [5.41, 5.74) is 0.996. The maximum atomic E-state index is 11.2. The number of aromatic nitrogens is 4. The van der Waals surface area contributed by atoms with Gasteiger partial charge >= 0.3 is 0 Å². The summed E-state index contributed by atoms with van der Waals surface area (Å²) >= 11 is 0. The second-order valence-corrected chi connectivity index (χ2v) is 4.89. The van der Waals surface area contributed by atoms with Crippen molar-refractivity contribution in [3.8, 4) is 5.69 Å². The van der Waals surface area contributed by atoms with Crippen LogP contribution in [0.3, 0.4) is 0 Å². The van der Waals surface area contributed by atoms with Crippen molar-refractivity contribution in [1.29, 1.82) is 0 Å². The molecule has 1 heterocycles. The molecule has 0 aliphatic rings. The maximum absolute atomic E-state index is 11.2. The van der Waals surface area contributed by atoms with Gasteiger partial charge in [-0.1, -0.05) is 12.1 Å². The Hall–Kier alpha value is -1.96. The first kappa shape index (κ1) is 10.6. The Bertz CT molecular complexity index is 578. The van der Waals surface area contributed by atoms with Gasteiger partial charge < -0.3 is 0 Å². The Balaban J connectivity index is 2.47. The molecular formula is C8H9N5O2S. The summed E-state index contributed by atoms with van der Waals surface area (Å²) < 4.78 is 26.1. The van der Waals surface area contributed by atoms with Crippen LogP contribution in [0, 0.1) is 0 Å². The van der Waals surface area contributed by atoms with Gasteiger partial charge in [0.2, 0.25) is 10.0 Å². The first-order valence-corrected chi connectivity index (χ1v) is 6.25. The smallest absolute Gasteiger partial charge is 0.229 e. The molecule has 84 valence electrons. The van der Waals surface area contributed by atoms with Crippen LogP contribution >= 0.6 is 0 Å². The van der Waals surface area contributed by atoms with Gasteiger partial charge in [-0.15, -0.1) is 5.10 Å². The predicted molar refractivity (Wildman–Crippen MR) is 57.6 cm³/mol. The molecule has 0 bridgehead atoms. The number of hydrogen-bond acceptors (Lipinski definition) is 5. The molecule has 0 spiro atoms. The summed E-state index contributed by atoms with van der Waals surface area (Å²) in [4.78, 5) is 0. The molecule has 0 radical (unpaired) electrons. The monoisotopic (exact) mass is 239 g/mol. The molecule has 1 aromatic heterocycles. The van der Waals surface area contributed by atoms with Crippen LogP contribution in [-0.4, -0.2) is 34.9 Å².